The zero-order valence-electron chi connectivity index (χ0n) is 51.4. The van der Waals surface area contributed by atoms with Gasteiger partial charge in [-0.2, -0.15) is 0 Å². The molecule has 6 nitrogen and oxygen atoms in total. The highest BCUT2D eigenvalue weighted by Crippen LogP contribution is 2.16. The topological polar surface area (TPSA) is 78.9 Å². The number of rotatable bonds is 60. The molecule has 0 fully saturated rings. The molecular weight excluding hydrogens is 961 g/mol. The Balaban J connectivity index is 4.34. The number of esters is 3. The number of unbranched alkanes of at least 4 members (excludes halogenated alkanes) is 33. The van der Waals surface area contributed by atoms with E-state index in [0.29, 0.717) is 19.3 Å². The fourth-order valence-corrected chi connectivity index (χ4v) is 9.31. The maximum atomic E-state index is 12.9. The normalized spacial score (nSPS) is 12.7. The first kappa shape index (κ1) is 74.3. The maximum Gasteiger partial charge on any atom is 0.306 e. The molecule has 0 bridgehead atoms. The number of carbonyl (C=O) groups is 3. The summed E-state index contributed by atoms with van der Waals surface area (Å²) in [5.41, 5.74) is 0. The van der Waals surface area contributed by atoms with Crippen LogP contribution in [0.25, 0.3) is 0 Å². The third kappa shape index (κ3) is 63.2. The zero-order valence-corrected chi connectivity index (χ0v) is 51.4. The molecule has 0 amide bonds. The third-order valence-electron chi connectivity index (χ3n) is 14.3. The molecule has 0 aromatic rings. The van der Waals surface area contributed by atoms with Gasteiger partial charge >= 0.3 is 17.9 Å². The van der Waals surface area contributed by atoms with Crippen molar-refractivity contribution >= 4 is 17.9 Å². The predicted molar refractivity (Wildman–Crippen MR) is 339 cm³/mol. The summed E-state index contributed by atoms with van der Waals surface area (Å²) in [5, 5.41) is 0. The first-order chi connectivity index (χ1) is 38.5. The molecule has 0 rings (SSSR count). The van der Waals surface area contributed by atoms with E-state index >= 15 is 0 Å². The van der Waals surface area contributed by atoms with Gasteiger partial charge in [-0.15, -0.1) is 0 Å². The second kappa shape index (κ2) is 65.8. The van der Waals surface area contributed by atoms with Crippen LogP contribution in [0.4, 0.5) is 0 Å². The monoisotopic (exact) mass is 1080 g/mol. The molecular formula is C72H124O6. The summed E-state index contributed by atoms with van der Waals surface area (Å²) >= 11 is 0. The van der Waals surface area contributed by atoms with Crippen LogP contribution < -0.4 is 0 Å². The van der Waals surface area contributed by atoms with Gasteiger partial charge in [0, 0.05) is 19.3 Å². The van der Waals surface area contributed by atoms with Crippen LogP contribution in [-0.4, -0.2) is 37.2 Å². The van der Waals surface area contributed by atoms with Crippen molar-refractivity contribution in [2.75, 3.05) is 13.2 Å². The molecule has 0 saturated heterocycles. The lowest BCUT2D eigenvalue weighted by Gasteiger charge is -2.18. The molecule has 0 saturated carbocycles. The minimum Gasteiger partial charge on any atom is -0.462 e. The fourth-order valence-electron chi connectivity index (χ4n) is 9.31. The molecule has 78 heavy (non-hydrogen) atoms. The van der Waals surface area contributed by atoms with E-state index in [1.807, 2.05) is 0 Å². The quantitative estimate of drug-likeness (QED) is 0.0261. The minimum absolute atomic E-state index is 0.0848. The van der Waals surface area contributed by atoms with Crippen LogP contribution in [0.1, 0.15) is 323 Å². The Kier molecular flexibility index (Phi) is 62.7. The fraction of sp³-hybridized carbons (Fsp3) is 0.736. The van der Waals surface area contributed by atoms with Crippen LogP contribution in [0.2, 0.25) is 0 Å². The second-order valence-corrected chi connectivity index (χ2v) is 22.0. The van der Waals surface area contributed by atoms with Gasteiger partial charge in [0.1, 0.15) is 13.2 Å². The van der Waals surface area contributed by atoms with Crippen molar-refractivity contribution in [3.8, 4) is 0 Å². The number of hydrogen-bond donors (Lipinski definition) is 0. The number of carbonyl (C=O) groups excluding carboxylic acids is 3. The van der Waals surface area contributed by atoms with Gasteiger partial charge in [0.05, 0.1) is 0 Å². The molecule has 1 atom stereocenters. The first-order valence-corrected chi connectivity index (χ1v) is 33.2. The van der Waals surface area contributed by atoms with Gasteiger partial charge in [-0.1, -0.05) is 285 Å². The average molecular weight is 1090 g/mol. The van der Waals surface area contributed by atoms with Gasteiger partial charge in [0.15, 0.2) is 6.10 Å². The first-order valence-electron chi connectivity index (χ1n) is 33.2. The molecule has 0 aliphatic heterocycles. The molecule has 0 aliphatic rings. The van der Waals surface area contributed by atoms with E-state index in [2.05, 4.69) is 118 Å². The largest absolute Gasteiger partial charge is 0.462 e. The van der Waals surface area contributed by atoms with Gasteiger partial charge < -0.3 is 14.2 Å². The maximum absolute atomic E-state index is 12.9. The van der Waals surface area contributed by atoms with Crippen molar-refractivity contribution < 1.29 is 28.6 Å². The number of allylic oxidation sites excluding steroid dienone is 16. The smallest absolute Gasteiger partial charge is 0.306 e. The van der Waals surface area contributed by atoms with Crippen LogP contribution in [0.15, 0.2) is 97.2 Å². The van der Waals surface area contributed by atoms with Crippen molar-refractivity contribution in [1.29, 1.82) is 0 Å². The van der Waals surface area contributed by atoms with E-state index in [0.717, 1.165) is 122 Å². The van der Waals surface area contributed by atoms with Crippen molar-refractivity contribution in [1.82, 2.24) is 0 Å². The molecule has 0 N–H and O–H groups in total. The predicted octanol–water partition coefficient (Wildman–Crippen LogP) is 22.8. The Labute approximate surface area is 483 Å². The molecule has 1 unspecified atom stereocenters. The van der Waals surface area contributed by atoms with Crippen LogP contribution in [0.3, 0.4) is 0 Å². The number of ether oxygens (including phenoxy) is 3. The highest BCUT2D eigenvalue weighted by molar-refractivity contribution is 5.71. The lowest BCUT2D eigenvalue weighted by atomic mass is 10.0. The van der Waals surface area contributed by atoms with Crippen molar-refractivity contribution in [3.05, 3.63) is 97.2 Å². The van der Waals surface area contributed by atoms with Gasteiger partial charge in [-0.05, 0) is 116 Å². The van der Waals surface area contributed by atoms with E-state index in [-0.39, 0.29) is 31.1 Å². The summed E-state index contributed by atoms with van der Waals surface area (Å²) < 4.78 is 16.9. The summed E-state index contributed by atoms with van der Waals surface area (Å²) in [6.45, 7) is 6.49. The highest BCUT2D eigenvalue weighted by atomic mass is 16.6. The SMILES string of the molecule is CC/C=C\C/C=C\C/C=C\C/C=C\CCCCCCCCCCC(=O)OC(COC(=O)CCCCCCC/C=C\C/C=C\CCCC)COC(=O)CCCCCCCCCCCCCCC/C=C\C/C=C\CCCCCCC. The van der Waals surface area contributed by atoms with Crippen molar-refractivity contribution in [3.63, 3.8) is 0 Å². The molecule has 0 heterocycles. The van der Waals surface area contributed by atoms with Gasteiger partial charge in [0.25, 0.3) is 0 Å². The lowest BCUT2D eigenvalue weighted by Crippen LogP contribution is -2.30. The Morgan fingerprint density at radius 1 is 0.269 bits per heavy atom. The second-order valence-electron chi connectivity index (χ2n) is 22.0. The summed E-state index contributed by atoms with van der Waals surface area (Å²) in [4.78, 5) is 38.4. The van der Waals surface area contributed by atoms with E-state index < -0.39 is 6.10 Å². The van der Waals surface area contributed by atoms with Crippen molar-refractivity contribution in [2.45, 2.75) is 329 Å². The average Bonchev–Trinajstić information content (AvgIpc) is 3.44. The van der Waals surface area contributed by atoms with Crippen LogP contribution in [0.5, 0.6) is 0 Å². The van der Waals surface area contributed by atoms with Gasteiger partial charge in [-0.3, -0.25) is 14.4 Å². The summed E-state index contributed by atoms with van der Waals surface area (Å²) in [6, 6.07) is 0. The van der Waals surface area contributed by atoms with Crippen LogP contribution in [0, 0.1) is 0 Å². The Bertz CT molecular complexity index is 1530. The van der Waals surface area contributed by atoms with Crippen LogP contribution >= 0.6 is 0 Å². The van der Waals surface area contributed by atoms with E-state index in [9.17, 15) is 14.4 Å². The third-order valence-corrected chi connectivity index (χ3v) is 14.3. The molecule has 448 valence electrons. The molecule has 0 aromatic carbocycles. The number of hydrogen-bond acceptors (Lipinski definition) is 6. The Morgan fingerprint density at radius 3 is 0.821 bits per heavy atom. The Morgan fingerprint density at radius 2 is 0.513 bits per heavy atom. The zero-order chi connectivity index (χ0) is 56.4. The van der Waals surface area contributed by atoms with Crippen molar-refractivity contribution in [2.24, 2.45) is 0 Å². The van der Waals surface area contributed by atoms with E-state index in [1.54, 1.807) is 0 Å². The van der Waals surface area contributed by atoms with E-state index in [4.69, 9.17) is 14.2 Å². The molecule has 6 heteroatoms. The molecule has 0 aliphatic carbocycles. The van der Waals surface area contributed by atoms with E-state index in [1.165, 1.54) is 161 Å². The summed E-state index contributed by atoms with van der Waals surface area (Å²) in [6.07, 6.45) is 88.4. The van der Waals surface area contributed by atoms with Gasteiger partial charge in [-0.25, -0.2) is 0 Å². The molecule has 0 aromatic heterocycles. The summed E-state index contributed by atoms with van der Waals surface area (Å²) in [7, 11) is 0. The van der Waals surface area contributed by atoms with Gasteiger partial charge in [0.2, 0.25) is 0 Å². The highest BCUT2D eigenvalue weighted by Gasteiger charge is 2.19. The Hall–Kier alpha value is -3.67. The molecule has 0 radical (unpaired) electrons. The van der Waals surface area contributed by atoms with Crippen LogP contribution in [-0.2, 0) is 28.6 Å². The lowest BCUT2D eigenvalue weighted by molar-refractivity contribution is -0.167. The standard InChI is InChI=1S/C72H124O6/c1-4-7-10-13-16-19-22-25-28-30-32-34-35-36-37-39-40-42-44-47-50-53-56-59-62-65-71(74)77-68-69(67-76-70(73)64-61-58-55-52-49-46-27-24-21-18-15-12-9-6-3)78-72(75)66-63-60-57-54-51-48-45-43-41-38-33-31-29-26-23-20-17-14-11-8-5-2/h8,11,15,17-18,20,22,24-27,29-30,32-33,38,69H,4-7,9-10,12-14,16,19,21,23,28,31,34-37,39-68H2,1-3H3/b11-8-,18-15-,20-17-,25-22-,27-24-,29-26-,32-30-,38-33-. The molecule has 0 spiro atoms. The summed E-state index contributed by atoms with van der Waals surface area (Å²) in [5.74, 6) is -0.897. The minimum atomic E-state index is -0.790.